The Balaban J connectivity index is 0.00000289. The first-order valence-corrected chi connectivity index (χ1v) is 11.1. The molecule has 1 saturated heterocycles. The van der Waals surface area contributed by atoms with Crippen molar-refractivity contribution >= 4 is 41.3 Å². The van der Waals surface area contributed by atoms with E-state index < -0.39 is 35.2 Å². The molecule has 4 rings (SSSR count). The molecule has 12 nitrogen and oxygen atoms in total. The summed E-state index contributed by atoms with van der Waals surface area (Å²) in [5.41, 5.74) is 6.99. The average Bonchev–Trinajstić information content (AvgIpc) is 3.28. The summed E-state index contributed by atoms with van der Waals surface area (Å²) in [7, 11) is 0. The number of thioether (sulfide) groups is 2. The zero-order valence-corrected chi connectivity index (χ0v) is 18.0. The second kappa shape index (κ2) is 9.60. The maximum atomic E-state index is 12.7. The predicted octanol–water partition coefficient (Wildman–Crippen LogP) is -0.784. The van der Waals surface area contributed by atoms with Crippen molar-refractivity contribution < 1.29 is 30.1 Å². The van der Waals surface area contributed by atoms with Crippen LogP contribution < -0.4 is 11.1 Å². The molecule has 8 N–H and O–H groups in total. The summed E-state index contributed by atoms with van der Waals surface area (Å²) >= 11 is 2.70. The molecule has 170 valence electrons. The Kier molecular flexibility index (Phi) is 7.08. The van der Waals surface area contributed by atoms with E-state index in [9.17, 15) is 24.6 Å². The fraction of sp³-hybridized carbons (Fsp3) is 0.278. The molecular weight excluding hydrogens is 460 g/mol. The lowest BCUT2D eigenvalue weighted by molar-refractivity contribution is -0.150. The Labute approximate surface area is 189 Å². The lowest BCUT2D eigenvalue weighted by Crippen LogP contribution is -2.71. The van der Waals surface area contributed by atoms with E-state index in [0.29, 0.717) is 27.7 Å². The monoisotopic (exact) mass is 480 g/mol. The molecule has 2 aliphatic rings. The first-order valence-electron chi connectivity index (χ1n) is 9.10. The molecule has 0 aliphatic carbocycles. The van der Waals surface area contributed by atoms with Crippen LogP contribution in [0, 0.1) is 0 Å². The standard InChI is InChI=1S/C18H18N6O5S2.H2O/c19-12(8-1-3-10(25)4-2-8)15(26)21-13-16(27)24-14(18(28)29)9(7-31-17(13)24)6-30-11-5-20-23-22-11;/h1-5,12-13,17,25H,6-7,19H2,(H,21,26)(H,28,29)(H,20,22,23);1H2/t12?,13?,17-;/m1./s1. The Bertz CT molecular complexity index is 1040. The third kappa shape index (κ3) is 4.43. The molecule has 0 bridgehead atoms. The molecule has 0 radical (unpaired) electrons. The van der Waals surface area contributed by atoms with E-state index in [4.69, 9.17) is 5.73 Å². The van der Waals surface area contributed by atoms with Gasteiger partial charge in [-0.1, -0.05) is 23.9 Å². The number of carbonyl (C=O) groups is 3. The highest BCUT2D eigenvalue weighted by atomic mass is 32.2. The maximum absolute atomic E-state index is 12.7. The predicted molar refractivity (Wildman–Crippen MR) is 115 cm³/mol. The Morgan fingerprint density at radius 3 is 2.72 bits per heavy atom. The number of fused-ring (bicyclic) bond motifs is 1. The number of H-pyrrole nitrogens is 1. The van der Waals surface area contributed by atoms with Gasteiger partial charge in [0.25, 0.3) is 5.91 Å². The Hall–Kier alpha value is -3.07. The fourth-order valence-corrected chi connectivity index (χ4v) is 5.56. The number of nitrogens with two attached hydrogens (primary N) is 1. The largest absolute Gasteiger partial charge is 0.508 e. The van der Waals surface area contributed by atoms with Gasteiger partial charge in [0, 0.05) is 11.5 Å². The molecule has 1 aromatic heterocycles. The van der Waals surface area contributed by atoms with Crippen molar-refractivity contribution in [1.82, 2.24) is 25.6 Å². The number of aromatic amines is 1. The van der Waals surface area contributed by atoms with Crippen LogP contribution in [-0.2, 0) is 14.4 Å². The minimum Gasteiger partial charge on any atom is -0.508 e. The summed E-state index contributed by atoms with van der Waals surface area (Å²) < 4.78 is 0. The van der Waals surface area contributed by atoms with Crippen LogP contribution in [0.2, 0.25) is 0 Å². The third-order valence-electron chi connectivity index (χ3n) is 4.87. The van der Waals surface area contributed by atoms with E-state index in [1.807, 2.05) is 0 Å². The van der Waals surface area contributed by atoms with Gasteiger partial charge in [0.1, 0.15) is 33.9 Å². The van der Waals surface area contributed by atoms with Gasteiger partial charge < -0.3 is 26.7 Å². The number of nitrogens with one attached hydrogen (secondary N) is 2. The topological polar surface area (TPSA) is 206 Å². The number of phenols is 1. The quantitative estimate of drug-likeness (QED) is 0.247. The molecule has 3 atom stereocenters. The molecule has 2 aliphatic heterocycles. The minimum absolute atomic E-state index is 0. The van der Waals surface area contributed by atoms with Gasteiger partial charge in [0.2, 0.25) is 5.91 Å². The summed E-state index contributed by atoms with van der Waals surface area (Å²) in [5.74, 6) is -1.45. The smallest absolute Gasteiger partial charge is 0.352 e. The highest BCUT2D eigenvalue weighted by Gasteiger charge is 2.54. The summed E-state index contributed by atoms with van der Waals surface area (Å²) in [5, 5.41) is 31.9. The number of β-lactam (4-membered cyclic amide) rings is 1. The van der Waals surface area contributed by atoms with Crippen molar-refractivity contribution in [3.05, 3.63) is 47.3 Å². The number of amides is 2. The molecular formula is C18H20N6O6S2. The van der Waals surface area contributed by atoms with Crippen LogP contribution in [0.3, 0.4) is 0 Å². The van der Waals surface area contributed by atoms with E-state index in [2.05, 4.69) is 20.7 Å². The van der Waals surface area contributed by atoms with E-state index in [-0.39, 0.29) is 16.9 Å². The van der Waals surface area contributed by atoms with Crippen molar-refractivity contribution in [2.45, 2.75) is 22.5 Å². The highest BCUT2D eigenvalue weighted by Crippen LogP contribution is 2.41. The van der Waals surface area contributed by atoms with E-state index in [1.165, 1.54) is 58.9 Å². The number of hydrogen-bond acceptors (Lipinski definition) is 9. The third-order valence-corrected chi connectivity index (χ3v) is 7.19. The number of carboxylic acids is 1. The van der Waals surface area contributed by atoms with Crippen LogP contribution in [0.25, 0.3) is 0 Å². The van der Waals surface area contributed by atoms with Crippen molar-refractivity contribution in [3.8, 4) is 5.75 Å². The van der Waals surface area contributed by atoms with Crippen molar-refractivity contribution in [3.63, 3.8) is 0 Å². The van der Waals surface area contributed by atoms with Crippen LogP contribution in [0.4, 0.5) is 0 Å². The van der Waals surface area contributed by atoms with Crippen LogP contribution >= 0.6 is 23.5 Å². The number of carboxylic acid groups (broad SMARTS) is 1. The molecule has 1 aromatic carbocycles. The highest BCUT2D eigenvalue weighted by molar-refractivity contribution is 8.01. The van der Waals surface area contributed by atoms with Crippen LogP contribution in [0.5, 0.6) is 5.75 Å². The molecule has 32 heavy (non-hydrogen) atoms. The first-order chi connectivity index (χ1) is 14.9. The molecule has 2 unspecified atom stereocenters. The molecule has 0 spiro atoms. The number of rotatable bonds is 7. The van der Waals surface area contributed by atoms with Crippen LogP contribution in [0.15, 0.2) is 46.8 Å². The van der Waals surface area contributed by atoms with Crippen LogP contribution in [0.1, 0.15) is 11.6 Å². The summed E-state index contributed by atoms with van der Waals surface area (Å²) in [6, 6.07) is 3.98. The van der Waals surface area contributed by atoms with Crippen molar-refractivity contribution in [1.29, 1.82) is 0 Å². The minimum atomic E-state index is -1.19. The number of phenolic OH excluding ortho intramolecular Hbond substituents is 1. The number of benzene rings is 1. The summed E-state index contributed by atoms with van der Waals surface area (Å²) in [6.45, 7) is 0. The fourth-order valence-electron chi connectivity index (χ4n) is 3.29. The van der Waals surface area contributed by atoms with Gasteiger partial charge in [0.15, 0.2) is 0 Å². The lowest BCUT2D eigenvalue weighted by Gasteiger charge is -2.49. The number of carbonyl (C=O) groups excluding carboxylic acids is 2. The first kappa shape index (κ1) is 23.6. The molecule has 2 amide bonds. The number of aromatic hydroxyl groups is 1. The van der Waals surface area contributed by atoms with Gasteiger partial charge in [-0.05, 0) is 23.3 Å². The number of hydrogen-bond donors (Lipinski definition) is 5. The molecule has 2 aromatic rings. The second-order valence-corrected chi connectivity index (χ2v) is 8.92. The van der Waals surface area contributed by atoms with Crippen molar-refractivity contribution in [2.75, 3.05) is 11.5 Å². The molecule has 0 saturated carbocycles. The van der Waals surface area contributed by atoms with Gasteiger partial charge in [-0.2, -0.15) is 10.3 Å². The van der Waals surface area contributed by atoms with Gasteiger partial charge in [-0.25, -0.2) is 4.79 Å². The van der Waals surface area contributed by atoms with Gasteiger partial charge in [-0.3, -0.25) is 14.5 Å². The molecule has 14 heteroatoms. The SMILES string of the molecule is NC(C(=O)NC1C(=O)N2C(C(=O)O)=C(CSc3cn[nH]n3)CS[C@H]12)c1ccc(O)cc1.O. The van der Waals surface area contributed by atoms with Gasteiger partial charge >= 0.3 is 5.97 Å². The zero-order valence-electron chi connectivity index (χ0n) is 16.4. The van der Waals surface area contributed by atoms with Gasteiger partial charge in [-0.15, -0.1) is 16.9 Å². The lowest BCUT2D eigenvalue weighted by atomic mass is 10.0. The Morgan fingerprint density at radius 2 is 2.09 bits per heavy atom. The Morgan fingerprint density at radius 1 is 1.38 bits per heavy atom. The molecule has 3 heterocycles. The number of aromatic nitrogens is 3. The van der Waals surface area contributed by atoms with Crippen LogP contribution in [-0.4, -0.2) is 76.7 Å². The van der Waals surface area contributed by atoms with E-state index in [1.54, 1.807) is 0 Å². The zero-order chi connectivity index (χ0) is 22.1. The van der Waals surface area contributed by atoms with E-state index >= 15 is 0 Å². The maximum Gasteiger partial charge on any atom is 0.352 e. The van der Waals surface area contributed by atoms with E-state index in [0.717, 1.165) is 0 Å². The normalized spacial score (nSPS) is 20.7. The van der Waals surface area contributed by atoms with Gasteiger partial charge in [0.05, 0.1) is 6.20 Å². The van der Waals surface area contributed by atoms with Crippen molar-refractivity contribution in [2.24, 2.45) is 5.73 Å². The number of aliphatic carboxylic acids is 1. The average molecular weight is 481 g/mol. The summed E-state index contributed by atoms with van der Waals surface area (Å²) in [4.78, 5) is 38.4. The second-order valence-electron chi connectivity index (χ2n) is 6.82. The number of nitrogens with zero attached hydrogens (tertiary/aromatic N) is 3. The molecule has 1 fully saturated rings. The summed E-state index contributed by atoms with van der Waals surface area (Å²) in [6.07, 6.45) is 1.53.